The molecular formula is C15H18N3O3S+. The Morgan fingerprint density at radius 2 is 2.09 bits per heavy atom. The Bertz CT molecular complexity index is 681. The van der Waals surface area contributed by atoms with Crippen LogP contribution in [-0.2, 0) is 16.1 Å². The van der Waals surface area contributed by atoms with E-state index in [9.17, 15) is 14.7 Å². The fraction of sp³-hybridized carbons (Fsp3) is 0.400. The molecule has 1 amide bonds. The van der Waals surface area contributed by atoms with Crippen molar-refractivity contribution < 1.29 is 19.3 Å². The average molecular weight is 320 g/mol. The van der Waals surface area contributed by atoms with Crippen LogP contribution in [0.25, 0.3) is 0 Å². The minimum absolute atomic E-state index is 0.0992. The summed E-state index contributed by atoms with van der Waals surface area (Å²) in [5.74, 6) is -0.799. The number of carboxylic acid groups (broad SMARTS) is 1. The molecule has 0 spiro atoms. The van der Waals surface area contributed by atoms with E-state index < -0.39 is 12.0 Å². The van der Waals surface area contributed by atoms with Crippen LogP contribution < -0.4 is 10.3 Å². The topological polar surface area (TPSA) is 87.5 Å². The highest BCUT2D eigenvalue weighted by Gasteiger charge is 2.52. The van der Waals surface area contributed by atoms with E-state index >= 15 is 0 Å². The van der Waals surface area contributed by atoms with Crippen molar-refractivity contribution in [2.24, 2.45) is 5.73 Å². The number of nitrogens with two attached hydrogens (primary N) is 1. The summed E-state index contributed by atoms with van der Waals surface area (Å²) in [5.41, 5.74) is 8.81. The molecule has 3 heterocycles. The van der Waals surface area contributed by atoms with E-state index in [1.807, 2.05) is 30.8 Å². The van der Waals surface area contributed by atoms with Crippen molar-refractivity contribution in [1.82, 2.24) is 4.90 Å². The van der Waals surface area contributed by atoms with Gasteiger partial charge in [-0.15, -0.1) is 11.8 Å². The molecule has 3 N–H and O–H groups in total. The summed E-state index contributed by atoms with van der Waals surface area (Å²) < 4.78 is 1.97. The van der Waals surface area contributed by atoms with Crippen LogP contribution >= 0.6 is 11.8 Å². The Morgan fingerprint density at radius 1 is 1.45 bits per heavy atom. The molecule has 2 atom stereocenters. The van der Waals surface area contributed by atoms with Crippen molar-refractivity contribution in [3.05, 3.63) is 40.9 Å². The Balaban J connectivity index is 1.96. The molecule has 1 fully saturated rings. The van der Waals surface area contributed by atoms with Gasteiger partial charge in [0, 0.05) is 22.5 Å². The maximum atomic E-state index is 11.9. The van der Waals surface area contributed by atoms with Gasteiger partial charge in [0.1, 0.15) is 17.1 Å². The number of carbonyl (C=O) groups excluding carboxylic acids is 1. The lowest BCUT2D eigenvalue weighted by Gasteiger charge is -2.47. The Labute approximate surface area is 132 Å². The van der Waals surface area contributed by atoms with Gasteiger partial charge in [0.2, 0.25) is 5.91 Å². The maximum Gasteiger partial charge on any atom is 0.352 e. The van der Waals surface area contributed by atoms with Crippen LogP contribution in [0.4, 0.5) is 0 Å². The molecule has 7 heteroatoms. The first-order valence-electron chi connectivity index (χ1n) is 7.01. The number of pyridine rings is 1. The Morgan fingerprint density at radius 3 is 2.68 bits per heavy atom. The van der Waals surface area contributed by atoms with Gasteiger partial charge in [-0.25, -0.2) is 9.36 Å². The molecule has 2 aliphatic heterocycles. The number of aryl methyl sites for hydroxylation is 2. The zero-order chi connectivity index (χ0) is 16.0. The highest BCUT2D eigenvalue weighted by Crippen LogP contribution is 2.39. The first kappa shape index (κ1) is 15.1. The SMILES string of the molecule is Cc1cc(C)c[n+](CC2=C(C(=O)O)N3C(=O)C(N)C3SC2)c1. The van der Waals surface area contributed by atoms with Crippen molar-refractivity contribution in [2.75, 3.05) is 5.75 Å². The zero-order valence-electron chi connectivity index (χ0n) is 12.4. The second-order valence-electron chi connectivity index (χ2n) is 5.76. The number of hydrogen-bond donors (Lipinski definition) is 2. The van der Waals surface area contributed by atoms with Crippen LogP contribution in [-0.4, -0.2) is 39.1 Å². The van der Waals surface area contributed by atoms with Gasteiger partial charge in [-0.2, -0.15) is 0 Å². The van der Waals surface area contributed by atoms with E-state index in [4.69, 9.17) is 5.73 Å². The number of carboxylic acids is 1. The maximum absolute atomic E-state index is 11.9. The summed E-state index contributed by atoms with van der Waals surface area (Å²) in [7, 11) is 0. The average Bonchev–Trinajstić information content (AvgIpc) is 2.44. The number of amides is 1. The van der Waals surface area contributed by atoms with Crippen LogP contribution in [0.3, 0.4) is 0 Å². The van der Waals surface area contributed by atoms with Gasteiger partial charge in [0.25, 0.3) is 0 Å². The van der Waals surface area contributed by atoms with Gasteiger partial charge >= 0.3 is 5.97 Å². The molecule has 22 heavy (non-hydrogen) atoms. The van der Waals surface area contributed by atoms with Crippen molar-refractivity contribution in [3.8, 4) is 0 Å². The van der Waals surface area contributed by atoms with Crippen molar-refractivity contribution in [3.63, 3.8) is 0 Å². The first-order chi connectivity index (χ1) is 10.4. The number of nitrogens with zero attached hydrogens (tertiary/aromatic N) is 2. The Kier molecular flexibility index (Phi) is 3.70. The molecule has 6 nitrogen and oxygen atoms in total. The van der Waals surface area contributed by atoms with Crippen molar-refractivity contribution in [2.45, 2.75) is 31.8 Å². The van der Waals surface area contributed by atoms with Crippen molar-refractivity contribution >= 4 is 23.6 Å². The molecule has 0 radical (unpaired) electrons. The number of fused-ring (bicyclic) bond motifs is 1. The van der Waals surface area contributed by atoms with Crippen molar-refractivity contribution in [1.29, 1.82) is 0 Å². The van der Waals surface area contributed by atoms with Crippen LogP contribution in [0.5, 0.6) is 0 Å². The number of hydrogen-bond acceptors (Lipinski definition) is 4. The number of β-lactam (4-membered cyclic amide) rings is 1. The third-order valence-electron chi connectivity index (χ3n) is 3.86. The lowest BCUT2D eigenvalue weighted by molar-refractivity contribution is -0.689. The molecular weight excluding hydrogens is 302 g/mol. The smallest absolute Gasteiger partial charge is 0.352 e. The number of carbonyl (C=O) groups is 2. The second kappa shape index (κ2) is 5.40. The third kappa shape index (κ3) is 2.40. The highest BCUT2D eigenvalue weighted by atomic mass is 32.2. The summed E-state index contributed by atoms with van der Waals surface area (Å²) in [4.78, 5) is 24.9. The molecule has 0 aromatic carbocycles. The van der Waals surface area contributed by atoms with E-state index in [0.717, 1.165) is 16.7 Å². The summed E-state index contributed by atoms with van der Waals surface area (Å²) in [6.45, 7) is 4.46. The highest BCUT2D eigenvalue weighted by molar-refractivity contribution is 8.00. The normalized spacial score (nSPS) is 24.1. The van der Waals surface area contributed by atoms with E-state index in [-0.39, 0.29) is 17.0 Å². The van der Waals surface area contributed by atoms with Gasteiger partial charge in [0.05, 0.1) is 0 Å². The number of aliphatic carboxylic acids is 1. The van der Waals surface area contributed by atoms with Gasteiger partial charge < -0.3 is 10.8 Å². The predicted molar refractivity (Wildman–Crippen MR) is 81.8 cm³/mol. The predicted octanol–water partition coefficient (Wildman–Crippen LogP) is 0.172. The van der Waals surface area contributed by atoms with Gasteiger partial charge in [0.15, 0.2) is 18.9 Å². The number of aromatic nitrogens is 1. The van der Waals surface area contributed by atoms with Crippen LogP contribution in [0, 0.1) is 13.8 Å². The molecule has 2 unspecified atom stereocenters. The van der Waals surface area contributed by atoms with Gasteiger partial charge in [-0.05, 0) is 19.9 Å². The molecule has 1 aromatic rings. The third-order valence-corrected chi connectivity index (χ3v) is 5.22. The summed E-state index contributed by atoms with van der Waals surface area (Å²) >= 11 is 1.53. The molecule has 1 aromatic heterocycles. The minimum Gasteiger partial charge on any atom is -0.477 e. The molecule has 0 bridgehead atoms. The van der Waals surface area contributed by atoms with Crippen LogP contribution in [0.1, 0.15) is 11.1 Å². The quantitative estimate of drug-likeness (QED) is 0.612. The summed E-state index contributed by atoms with van der Waals surface area (Å²) in [5, 5.41) is 9.27. The number of thioether (sulfide) groups is 1. The van der Waals surface area contributed by atoms with E-state index in [2.05, 4.69) is 6.07 Å². The largest absolute Gasteiger partial charge is 0.477 e. The zero-order valence-corrected chi connectivity index (χ0v) is 13.3. The minimum atomic E-state index is -1.06. The molecule has 1 saturated heterocycles. The molecule has 0 aliphatic carbocycles. The standard InChI is InChI=1S/C15H17N3O3S/c1-8-3-9(2)5-17(4-8)6-10-7-22-14-11(16)13(19)18(14)12(10)15(20)21/h3-5,11,14H,6-7,16H2,1-2H3/p+1. The van der Waals surface area contributed by atoms with E-state index in [1.165, 1.54) is 16.7 Å². The molecule has 2 aliphatic rings. The second-order valence-corrected chi connectivity index (χ2v) is 6.86. The molecule has 116 valence electrons. The van der Waals surface area contributed by atoms with E-state index in [0.29, 0.717) is 12.3 Å². The molecule has 0 saturated carbocycles. The lowest BCUT2D eigenvalue weighted by Crippen LogP contribution is -2.68. The summed E-state index contributed by atoms with van der Waals surface area (Å²) in [6.07, 6.45) is 3.94. The van der Waals surface area contributed by atoms with Crippen LogP contribution in [0.2, 0.25) is 0 Å². The fourth-order valence-electron chi connectivity index (χ4n) is 3.01. The first-order valence-corrected chi connectivity index (χ1v) is 8.06. The lowest BCUT2D eigenvalue weighted by atomic mass is 10.0. The van der Waals surface area contributed by atoms with E-state index in [1.54, 1.807) is 0 Å². The summed E-state index contributed by atoms with van der Waals surface area (Å²) in [6, 6.07) is 1.47. The Hall–Kier alpha value is -1.86. The monoisotopic (exact) mass is 320 g/mol. The fourth-order valence-corrected chi connectivity index (χ4v) is 4.29. The molecule has 3 rings (SSSR count). The van der Waals surface area contributed by atoms with Gasteiger partial charge in [-0.1, -0.05) is 0 Å². The van der Waals surface area contributed by atoms with Gasteiger partial charge in [-0.3, -0.25) is 9.69 Å². The van der Waals surface area contributed by atoms with Crippen LogP contribution in [0.15, 0.2) is 29.7 Å². The number of rotatable bonds is 3.